The number of methoxy groups -OCH3 is 1. The van der Waals surface area contributed by atoms with Crippen LogP contribution >= 0.6 is 12.4 Å². The molecule has 1 aromatic rings. The highest BCUT2D eigenvalue weighted by atomic mass is 35.5. The molecule has 0 fully saturated rings. The van der Waals surface area contributed by atoms with E-state index in [0.717, 1.165) is 11.3 Å². The third kappa shape index (κ3) is 8.74. The van der Waals surface area contributed by atoms with Gasteiger partial charge in [0.2, 0.25) is 5.91 Å². The van der Waals surface area contributed by atoms with Crippen molar-refractivity contribution >= 4 is 24.3 Å². The fourth-order valence-electron chi connectivity index (χ4n) is 1.90. The van der Waals surface area contributed by atoms with Crippen LogP contribution in [0, 0.1) is 5.41 Å². The van der Waals surface area contributed by atoms with Gasteiger partial charge in [-0.3, -0.25) is 9.59 Å². The molecular formula is C18H29ClN2O4. The molecule has 0 aliphatic carbocycles. The number of rotatable bonds is 8. The van der Waals surface area contributed by atoms with Gasteiger partial charge in [0, 0.05) is 13.0 Å². The Hall–Kier alpha value is -1.79. The van der Waals surface area contributed by atoms with E-state index in [9.17, 15) is 9.59 Å². The zero-order valence-corrected chi connectivity index (χ0v) is 16.2. The molecule has 0 aromatic heterocycles. The number of carbonyl (C=O) groups excluding carboxylic acids is 2. The fraction of sp³-hybridized carbons (Fsp3) is 0.556. The summed E-state index contributed by atoms with van der Waals surface area (Å²) in [5.74, 6) is 0.324. The third-order valence-corrected chi connectivity index (χ3v) is 3.63. The largest absolute Gasteiger partial charge is 0.494 e. The first-order chi connectivity index (χ1) is 11.2. The SMILES string of the molecule is COC(=O)CCCOc1ccc(CNC(=O)[C@@H](N)C(C)(C)C)cc1.Cl. The molecule has 3 N–H and O–H groups in total. The Balaban J connectivity index is 0.00000576. The van der Waals surface area contributed by atoms with Gasteiger partial charge in [-0.15, -0.1) is 12.4 Å². The van der Waals surface area contributed by atoms with Crippen LogP contribution in [0.1, 0.15) is 39.2 Å². The molecule has 0 spiro atoms. The second kappa shape index (κ2) is 10.9. The van der Waals surface area contributed by atoms with E-state index in [0.29, 0.717) is 26.0 Å². The van der Waals surface area contributed by atoms with Gasteiger partial charge >= 0.3 is 5.97 Å². The normalized spacial score (nSPS) is 11.9. The highest BCUT2D eigenvalue weighted by molar-refractivity contribution is 5.85. The lowest BCUT2D eigenvalue weighted by Crippen LogP contribution is -2.48. The molecule has 0 heterocycles. The minimum atomic E-state index is -0.546. The van der Waals surface area contributed by atoms with Gasteiger partial charge in [-0.1, -0.05) is 32.9 Å². The van der Waals surface area contributed by atoms with Crippen LogP contribution in [0.2, 0.25) is 0 Å². The minimum Gasteiger partial charge on any atom is -0.494 e. The Labute approximate surface area is 155 Å². The molecule has 7 heteroatoms. The summed E-state index contributed by atoms with van der Waals surface area (Å²) in [6.45, 7) is 6.67. The van der Waals surface area contributed by atoms with Crippen LogP contribution < -0.4 is 15.8 Å². The molecule has 0 aliphatic rings. The van der Waals surface area contributed by atoms with Crippen molar-refractivity contribution in [2.75, 3.05) is 13.7 Å². The number of halogens is 1. The van der Waals surface area contributed by atoms with Crippen LogP contribution in [0.4, 0.5) is 0 Å². The minimum absolute atomic E-state index is 0. The second-order valence-corrected chi connectivity index (χ2v) is 6.73. The van der Waals surface area contributed by atoms with Crippen LogP contribution in [-0.4, -0.2) is 31.6 Å². The van der Waals surface area contributed by atoms with E-state index in [1.165, 1.54) is 7.11 Å². The summed E-state index contributed by atoms with van der Waals surface area (Å²) in [4.78, 5) is 23.0. The maximum atomic E-state index is 12.0. The molecule has 1 rings (SSSR count). The van der Waals surface area contributed by atoms with Crippen molar-refractivity contribution in [2.24, 2.45) is 11.1 Å². The molecule has 6 nitrogen and oxygen atoms in total. The molecule has 0 aliphatic heterocycles. The van der Waals surface area contributed by atoms with Crippen LogP contribution in [-0.2, 0) is 20.9 Å². The highest BCUT2D eigenvalue weighted by Crippen LogP contribution is 2.17. The predicted octanol–water partition coefficient (Wildman–Crippen LogP) is 2.43. The van der Waals surface area contributed by atoms with Crippen molar-refractivity contribution in [3.05, 3.63) is 29.8 Å². The van der Waals surface area contributed by atoms with Gasteiger partial charge in [0.1, 0.15) is 5.75 Å². The monoisotopic (exact) mass is 372 g/mol. The summed E-state index contributed by atoms with van der Waals surface area (Å²) in [5, 5.41) is 2.84. The van der Waals surface area contributed by atoms with Crippen molar-refractivity contribution in [1.29, 1.82) is 0 Å². The summed E-state index contributed by atoms with van der Waals surface area (Å²) in [6.07, 6.45) is 0.948. The number of amides is 1. The first-order valence-electron chi connectivity index (χ1n) is 8.06. The van der Waals surface area contributed by atoms with Crippen molar-refractivity contribution in [2.45, 2.75) is 46.2 Å². The number of ether oxygens (including phenoxy) is 2. The Morgan fingerprint density at radius 1 is 1.20 bits per heavy atom. The molecule has 0 saturated carbocycles. The smallest absolute Gasteiger partial charge is 0.305 e. The molecule has 0 saturated heterocycles. The van der Waals surface area contributed by atoms with Crippen LogP contribution in [0.5, 0.6) is 5.75 Å². The number of hydrogen-bond donors (Lipinski definition) is 2. The van der Waals surface area contributed by atoms with E-state index in [1.807, 2.05) is 45.0 Å². The lowest BCUT2D eigenvalue weighted by Gasteiger charge is -2.25. The van der Waals surface area contributed by atoms with Crippen molar-refractivity contribution in [3.63, 3.8) is 0 Å². The van der Waals surface area contributed by atoms with Gasteiger partial charge < -0.3 is 20.5 Å². The lowest BCUT2D eigenvalue weighted by atomic mass is 9.87. The summed E-state index contributed by atoms with van der Waals surface area (Å²) >= 11 is 0. The molecule has 0 radical (unpaired) electrons. The molecule has 25 heavy (non-hydrogen) atoms. The van der Waals surface area contributed by atoms with Gasteiger partial charge in [0.15, 0.2) is 0 Å². The Morgan fingerprint density at radius 2 is 1.80 bits per heavy atom. The summed E-state index contributed by atoms with van der Waals surface area (Å²) in [5.41, 5.74) is 6.61. The Morgan fingerprint density at radius 3 is 2.32 bits per heavy atom. The Kier molecular flexibility index (Phi) is 10.2. The van der Waals surface area contributed by atoms with E-state index in [4.69, 9.17) is 10.5 Å². The van der Waals surface area contributed by atoms with Gasteiger partial charge in [-0.25, -0.2) is 0 Å². The van der Waals surface area contributed by atoms with Crippen molar-refractivity contribution < 1.29 is 19.1 Å². The number of benzene rings is 1. The molecule has 1 aromatic carbocycles. The number of nitrogens with two attached hydrogens (primary N) is 1. The summed E-state index contributed by atoms with van der Waals surface area (Å²) in [7, 11) is 1.37. The van der Waals surface area contributed by atoms with E-state index in [1.54, 1.807) is 0 Å². The maximum absolute atomic E-state index is 12.0. The second-order valence-electron chi connectivity index (χ2n) is 6.73. The van der Waals surface area contributed by atoms with Crippen LogP contribution in [0.15, 0.2) is 24.3 Å². The van der Waals surface area contributed by atoms with Crippen LogP contribution in [0.3, 0.4) is 0 Å². The number of esters is 1. The Bertz CT molecular complexity index is 541. The van der Waals surface area contributed by atoms with Gasteiger partial charge in [0.05, 0.1) is 19.8 Å². The number of carbonyl (C=O) groups is 2. The first kappa shape index (κ1) is 23.2. The quantitative estimate of drug-likeness (QED) is 0.540. The zero-order valence-electron chi connectivity index (χ0n) is 15.3. The summed E-state index contributed by atoms with van der Waals surface area (Å²) in [6, 6.07) is 6.90. The van der Waals surface area contributed by atoms with Gasteiger partial charge in [0.25, 0.3) is 0 Å². The average Bonchev–Trinajstić information content (AvgIpc) is 2.55. The van der Waals surface area contributed by atoms with E-state index >= 15 is 0 Å². The maximum Gasteiger partial charge on any atom is 0.305 e. The van der Waals surface area contributed by atoms with Crippen molar-refractivity contribution in [1.82, 2.24) is 5.32 Å². The lowest BCUT2D eigenvalue weighted by molar-refractivity contribution is -0.140. The van der Waals surface area contributed by atoms with Crippen LogP contribution in [0.25, 0.3) is 0 Å². The summed E-state index contributed by atoms with van der Waals surface area (Å²) < 4.78 is 10.1. The fourth-order valence-corrected chi connectivity index (χ4v) is 1.90. The molecule has 1 amide bonds. The topological polar surface area (TPSA) is 90.6 Å². The molecule has 0 bridgehead atoms. The van der Waals surface area contributed by atoms with Crippen molar-refractivity contribution in [3.8, 4) is 5.75 Å². The first-order valence-corrected chi connectivity index (χ1v) is 8.06. The molecule has 0 unspecified atom stereocenters. The molecule has 1 atom stereocenters. The number of hydrogen-bond acceptors (Lipinski definition) is 5. The average molecular weight is 373 g/mol. The highest BCUT2D eigenvalue weighted by Gasteiger charge is 2.26. The number of nitrogens with one attached hydrogen (secondary N) is 1. The zero-order chi connectivity index (χ0) is 18.2. The van der Waals surface area contributed by atoms with E-state index in [-0.39, 0.29) is 29.7 Å². The van der Waals surface area contributed by atoms with E-state index < -0.39 is 6.04 Å². The standard InChI is InChI=1S/C18H28N2O4.ClH/c1-18(2,3)16(19)17(22)20-12-13-7-9-14(10-8-13)24-11-5-6-15(21)23-4;/h7-10,16H,5-6,11-12,19H2,1-4H3,(H,20,22);1H/t16-;/m1./s1. The predicted molar refractivity (Wildman–Crippen MR) is 99.7 cm³/mol. The third-order valence-electron chi connectivity index (χ3n) is 3.63. The van der Waals surface area contributed by atoms with E-state index in [2.05, 4.69) is 10.1 Å². The molecular weight excluding hydrogens is 344 g/mol. The molecule has 142 valence electrons. The van der Waals surface area contributed by atoms with Gasteiger partial charge in [-0.2, -0.15) is 0 Å². The van der Waals surface area contributed by atoms with Gasteiger partial charge in [-0.05, 0) is 29.5 Å².